The van der Waals surface area contributed by atoms with Gasteiger partial charge in [0.15, 0.2) is 17.3 Å². The first kappa shape index (κ1) is 21.7. The summed E-state index contributed by atoms with van der Waals surface area (Å²) in [6.45, 7) is 4.28. The van der Waals surface area contributed by atoms with Gasteiger partial charge >= 0.3 is 0 Å². The van der Waals surface area contributed by atoms with Crippen LogP contribution in [0.25, 0.3) is 11.4 Å². The fourth-order valence-electron chi connectivity index (χ4n) is 2.75. The number of hydrogen-bond acceptors (Lipinski definition) is 7. The number of carbonyl (C=O) groups excluding carboxylic acids is 1. The Morgan fingerprint density at radius 2 is 2.10 bits per heavy atom. The number of benzene rings is 1. The number of aromatic amines is 1. The first-order valence-corrected chi connectivity index (χ1v) is 9.65. The van der Waals surface area contributed by atoms with Gasteiger partial charge in [0.2, 0.25) is 5.91 Å². The average Bonchev–Trinajstić information content (AvgIpc) is 2.81. The number of aryl methyl sites for hydroxylation is 1. The van der Waals surface area contributed by atoms with Crippen LogP contribution in [0.4, 0.5) is 0 Å². The van der Waals surface area contributed by atoms with E-state index in [0.29, 0.717) is 36.0 Å². The molecule has 160 valence electrons. The molecule has 0 radical (unpaired) electrons. The van der Waals surface area contributed by atoms with Gasteiger partial charge in [0.25, 0.3) is 5.56 Å². The zero-order chi connectivity index (χ0) is 22.1. The van der Waals surface area contributed by atoms with Crippen molar-refractivity contribution < 1.29 is 14.3 Å². The van der Waals surface area contributed by atoms with Crippen LogP contribution < -0.4 is 20.3 Å². The molecule has 1 amide bonds. The summed E-state index contributed by atoms with van der Waals surface area (Å²) in [5, 5.41) is 10.9. The summed E-state index contributed by atoms with van der Waals surface area (Å²) in [4.78, 5) is 31.3. The van der Waals surface area contributed by atoms with E-state index in [9.17, 15) is 9.59 Å². The van der Waals surface area contributed by atoms with Crippen molar-refractivity contribution in [3.05, 3.63) is 77.0 Å². The predicted molar refractivity (Wildman–Crippen MR) is 115 cm³/mol. The smallest absolute Gasteiger partial charge is 0.273 e. The highest BCUT2D eigenvalue weighted by atomic mass is 16.5. The van der Waals surface area contributed by atoms with Crippen LogP contribution in [0.1, 0.15) is 17.8 Å². The molecule has 0 bridgehead atoms. The summed E-state index contributed by atoms with van der Waals surface area (Å²) >= 11 is 0. The van der Waals surface area contributed by atoms with Gasteiger partial charge in [0.1, 0.15) is 12.3 Å². The SMILES string of the molecule is C=CCOc1ccc(-c2nnc(CCC(=O)NCc3ccccn3)c(=O)[nH]2)cc1OC. The van der Waals surface area contributed by atoms with Gasteiger partial charge in [-0.1, -0.05) is 18.7 Å². The van der Waals surface area contributed by atoms with Crippen molar-refractivity contribution in [3.63, 3.8) is 0 Å². The molecule has 2 heterocycles. The number of amides is 1. The molecule has 9 nitrogen and oxygen atoms in total. The molecule has 0 saturated heterocycles. The standard InChI is InChI=1S/C22H23N5O4/c1-3-12-31-18-9-7-15(13-19(18)30-2)21-25-22(29)17(26-27-21)8-10-20(28)24-14-16-6-4-5-11-23-16/h3-7,9,11,13H,1,8,10,12,14H2,2H3,(H,24,28)(H,25,27,29). The summed E-state index contributed by atoms with van der Waals surface area (Å²) in [6, 6.07) is 10.6. The van der Waals surface area contributed by atoms with Crippen molar-refractivity contribution in [1.29, 1.82) is 0 Å². The molecule has 31 heavy (non-hydrogen) atoms. The Kier molecular flexibility index (Phi) is 7.47. The Labute approximate surface area is 179 Å². The van der Waals surface area contributed by atoms with E-state index in [-0.39, 0.29) is 24.4 Å². The number of nitrogens with zero attached hydrogens (tertiary/aromatic N) is 3. The number of nitrogens with one attached hydrogen (secondary N) is 2. The molecular weight excluding hydrogens is 398 g/mol. The maximum absolute atomic E-state index is 12.4. The van der Waals surface area contributed by atoms with Crippen molar-refractivity contribution >= 4 is 5.91 Å². The Bertz CT molecular complexity index is 1100. The second-order valence-electron chi connectivity index (χ2n) is 6.51. The van der Waals surface area contributed by atoms with Crippen LogP contribution in [0, 0.1) is 0 Å². The Balaban J connectivity index is 1.62. The van der Waals surface area contributed by atoms with Crippen LogP contribution in [0.3, 0.4) is 0 Å². The maximum Gasteiger partial charge on any atom is 0.273 e. The highest BCUT2D eigenvalue weighted by molar-refractivity contribution is 5.76. The summed E-state index contributed by atoms with van der Waals surface area (Å²) in [5.74, 6) is 1.14. The molecule has 0 unspecified atom stereocenters. The molecule has 9 heteroatoms. The Morgan fingerprint density at radius 3 is 2.81 bits per heavy atom. The Hall–Kier alpha value is -4.01. The summed E-state index contributed by atoms with van der Waals surface area (Å²) < 4.78 is 10.9. The molecule has 1 aromatic carbocycles. The van der Waals surface area contributed by atoms with Gasteiger partial charge in [0.05, 0.1) is 19.3 Å². The summed E-state index contributed by atoms with van der Waals surface area (Å²) in [6.07, 6.45) is 3.59. The highest BCUT2D eigenvalue weighted by Crippen LogP contribution is 2.31. The molecule has 0 atom stereocenters. The summed E-state index contributed by atoms with van der Waals surface area (Å²) in [5.41, 5.74) is 1.17. The van der Waals surface area contributed by atoms with Gasteiger partial charge in [0, 0.05) is 24.6 Å². The molecule has 2 N–H and O–H groups in total. The maximum atomic E-state index is 12.4. The molecule has 3 rings (SSSR count). The molecule has 2 aromatic heterocycles. The van der Waals surface area contributed by atoms with Gasteiger partial charge in [-0.2, -0.15) is 0 Å². The zero-order valence-corrected chi connectivity index (χ0v) is 17.1. The first-order valence-electron chi connectivity index (χ1n) is 9.65. The second-order valence-corrected chi connectivity index (χ2v) is 6.51. The number of carbonyl (C=O) groups is 1. The summed E-state index contributed by atoms with van der Waals surface area (Å²) in [7, 11) is 1.52. The van der Waals surface area contributed by atoms with Gasteiger partial charge in [-0.25, -0.2) is 0 Å². The molecule has 0 aliphatic rings. The first-order chi connectivity index (χ1) is 15.1. The van der Waals surface area contributed by atoms with Crippen LogP contribution in [0.15, 0.2) is 60.0 Å². The average molecular weight is 421 g/mol. The lowest BCUT2D eigenvalue weighted by Gasteiger charge is -2.10. The van der Waals surface area contributed by atoms with E-state index in [4.69, 9.17) is 9.47 Å². The van der Waals surface area contributed by atoms with Crippen LogP contribution in [0.5, 0.6) is 11.5 Å². The fraction of sp³-hybridized carbons (Fsp3) is 0.227. The van der Waals surface area contributed by atoms with Gasteiger partial charge < -0.3 is 19.8 Å². The van der Waals surface area contributed by atoms with Crippen LogP contribution in [-0.4, -0.2) is 39.8 Å². The van der Waals surface area contributed by atoms with E-state index in [1.165, 1.54) is 7.11 Å². The third-order valence-electron chi connectivity index (χ3n) is 4.34. The fourth-order valence-corrected chi connectivity index (χ4v) is 2.75. The van der Waals surface area contributed by atoms with Gasteiger partial charge in [-0.15, -0.1) is 10.2 Å². The van der Waals surface area contributed by atoms with Crippen molar-refractivity contribution in [2.75, 3.05) is 13.7 Å². The lowest BCUT2D eigenvalue weighted by atomic mass is 10.2. The number of hydrogen-bond donors (Lipinski definition) is 2. The lowest BCUT2D eigenvalue weighted by Crippen LogP contribution is -2.25. The van der Waals surface area contributed by atoms with Crippen molar-refractivity contribution in [2.24, 2.45) is 0 Å². The minimum atomic E-state index is -0.395. The van der Waals surface area contributed by atoms with Crippen LogP contribution in [0.2, 0.25) is 0 Å². The number of aromatic nitrogens is 4. The number of methoxy groups -OCH3 is 1. The third kappa shape index (κ3) is 5.99. The van der Waals surface area contributed by atoms with E-state index in [2.05, 4.69) is 32.1 Å². The van der Waals surface area contributed by atoms with Crippen molar-refractivity contribution in [3.8, 4) is 22.9 Å². The quantitative estimate of drug-likeness (QED) is 0.481. The third-order valence-corrected chi connectivity index (χ3v) is 4.34. The molecule has 0 saturated carbocycles. The van der Waals surface area contributed by atoms with Gasteiger partial charge in [-0.3, -0.25) is 14.6 Å². The minimum Gasteiger partial charge on any atom is -0.493 e. The minimum absolute atomic E-state index is 0.118. The topological polar surface area (TPSA) is 119 Å². The van der Waals surface area contributed by atoms with E-state index < -0.39 is 5.56 Å². The van der Waals surface area contributed by atoms with E-state index in [1.807, 2.05) is 12.1 Å². The second kappa shape index (κ2) is 10.7. The molecular formula is C22H23N5O4. The molecule has 0 aliphatic carbocycles. The van der Waals surface area contributed by atoms with E-state index in [0.717, 1.165) is 5.69 Å². The highest BCUT2D eigenvalue weighted by Gasteiger charge is 2.12. The number of pyridine rings is 1. The number of H-pyrrole nitrogens is 1. The molecule has 0 spiro atoms. The monoisotopic (exact) mass is 421 g/mol. The molecule has 0 aliphatic heterocycles. The van der Waals surface area contributed by atoms with Crippen LogP contribution >= 0.6 is 0 Å². The zero-order valence-electron chi connectivity index (χ0n) is 17.1. The normalized spacial score (nSPS) is 10.4. The van der Waals surface area contributed by atoms with Crippen molar-refractivity contribution in [1.82, 2.24) is 25.5 Å². The van der Waals surface area contributed by atoms with Crippen LogP contribution in [-0.2, 0) is 17.8 Å². The van der Waals surface area contributed by atoms with Gasteiger partial charge in [-0.05, 0) is 30.3 Å². The van der Waals surface area contributed by atoms with E-state index in [1.54, 1.807) is 36.5 Å². The molecule has 3 aromatic rings. The Morgan fingerprint density at radius 1 is 1.23 bits per heavy atom. The molecule has 0 fully saturated rings. The number of ether oxygens (including phenoxy) is 2. The largest absolute Gasteiger partial charge is 0.493 e. The predicted octanol–water partition coefficient (Wildman–Crippen LogP) is 2.05. The number of rotatable bonds is 10. The lowest BCUT2D eigenvalue weighted by molar-refractivity contribution is -0.121. The van der Waals surface area contributed by atoms with E-state index >= 15 is 0 Å². The van der Waals surface area contributed by atoms with Crippen molar-refractivity contribution in [2.45, 2.75) is 19.4 Å².